The summed E-state index contributed by atoms with van der Waals surface area (Å²) in [4.78, 5) is 24.1. The first-order valence-electron chi connectivity index (χ1n) is 7.26. The number of benzene rings is 2. The minimum absolute atomic E-state index is 0.221. The molecule has 0 radical (unpaired) electrons. The molecule has 1 heterocycles. The topological polar surface area (TPSA) is 61.8 Å². The highest BCUT2D eigenvalue weighted by Crippen LogP contribution is 2.38. The highest BCUT2D eigenvalue weighted by molar-refractivity contribution is 9.10. The largest absolute Gasteiger partial charge is 0.497 e. The maximum Gasteiger partial charge on any atom is 0.339 e. The second kappa shape index (κ2) is 6.65. The van der Waals surface area contributed by atoms with Gasteiger partial charge in [-0.05, 0) is 18.2 Å². The Morgan fingerprint density at radius 3 is 2.38 bits per heavy atom. The van der Waals surface area contributed by atoms with Crippen LogP contribution in [0.1, 0.15) is 32.4 Å². The molecule has 2 atom stereocenters. The van der Waals surface area contributed by atoms with Crippen LogP contribution in [-0.4, -0.2) is 30.8 Å². The molecular formula is C18H15BrO5. The van der Waals surface area contributed by atoms with Crippen LogP contribution in [0.5, 0.6) is 11.5 Å². The molecule has 2 unspecified atom stereocenters. The van der Waals surface area contributed by atoms with Crippen LogP contribution in [0.4, 0.5) is 0 Å². The van der Waals surface area contributed by atoms with E-state index in [0.717, 1.165) is 0 Å². The number of ketones is 1. The van der Waals surface area contributed by atoms with E-state index in [1.54, 1.807) is 36.4 Å². The normalized spacial score (nSPS) is 17.0. The van der Waals surface area contributed by atoms with E-state index in [1.165, 1.54) is 14.2 Å². The number of hydrogen-bond acceptors (Lipinski definition) is 5. The van der Waals surface area contributed by atoms with Gasteiger partial charge in [-0.3, -0.25) is 4.79 Å². The molecule has 2 aromatic carbocycles. The van der Waals surface area contributed by atoms with E-state index in [2.05, 4.69) is 15.9 Å². The highest BCUT2D eigenvalue weighted by Gasteiger charge is 2.39. The van der Waals surface area contributed by atoms with Crippen molar-refractivity contribution in [3.63, 3.8) is 0 Å². The molecule has 1 aliphatic heterocycles. The minimum atomic E-state index is -0.707. The van der Waals surface area contributed by atoms with Crippen LogP contribution in [0.2, 0.25) is 0 Å². The fourth-order valence-electron chi connectivity index (χ4n) is 2.64. The molecule has 2 aromatic rings. The molecule has 3 rings (SSSR count). The lowest BCUT2D eigenvalue weighted by molar-refractivity contribution is 0.0382. The fourth-order valence-corrected chi connectivity index (χ4v) is 3.29. The third-order valence-corrected chi connectivity index (χ3v) is 4.77. The average Bonchev–Trinajstić information content (AvgIpc) is 2.97. The van der Waals surface area contributed by atoms with E-state index in [9.17, 15) is 9.59 Å². The van der Waals surface area contributed by atoms with Gasteiger partial charge in [0.05, 0.1) is 19.8 Å². The van der Waals surface area contributed by atoms with E-state index in [-0.39, 0.29) is 5.78 Å². The Hall–Kier alpha value is -2.34. The summed E-state index contributed by atoms with van der Waals surface area (Å²) in [7, 11) is 3.03. The number of esters is 1. The van der Waals surface area contributed by atoms with Gasteiger partial charge in [0.15, 0.2) is 5.78 Å². The van der Waals surface area contributed by atoms with E-state index < -0.39 is 16.9 Å². The van der Waals surface area contributed by atoms with Gasteiger partial charge in [-0.2, -0.15) is 0 Å². The predicted molar refractivity (Wildman–Crippen MR) is 91.2 cm³/mol. The number of Topliss-reactive ketones (excluding diaryl/α,β-unsaturated/α-hetero) is 1. The monoisotopic (exact) mass is 390 g/mol. The van der Waals surface area contributed by atoms with Crippen LogP contribution in [0.15, 0.2) is 42.5 Å². The van der Waals surface area contributed by atoms with Crippen molar-refractivity contribution in [2.75, 3.05) is 14.2 Å². The van der Waals surface area contributed by atoms with Crippen molar-refractivity contribution >= 4 is 27.7 Å². The summed E-state index contributed by atoms with van der Waals surface area (Å²) in [6.07, 6.45) is -0.668. The predicted octanol–water partition coefficient (Wildman–Crippen LogP) is 3.56. The zero-order valence-corrected chi connectivity index (χ0v) is 14.7. The van der Waals surface area contributed by atoms with Crippen LogP contribution in [0.25, 0.3) is 0 Å². The third kappa shape index (κ3) is 2.89. The van der Waals surface area contributed by atoms with Crippen molar-refractivity contribution in [2.24, 2.45) is 0 Å². The van der Waals surface area contributed by atoms with Crippen molar-refractivity contribution in [1.29, 1.82) is 0 Å². The maximum absolute atomic E-state index is 12.8. The first kappa shape index (κ1) is 16.5. The van der Waals surface area contributed by atoms with Crippen molar-refractivity contribution in [2.45, 2.75) is 10.9 Å². The van der Waals surface area contributed by atoms with Crippen LogP contribution >= 0.6 is 15.9 Å². The van der Waals surface area contributed by atoms with Gasteiger partial charge in [0, 0.05) is 17.2 Å². The van der Waals surface area contributed by atoms with Gasteiger partial charge in [-0.15, -0.1) is 0 Å². The number of carbonyl (C=O) groups excluding carboxylic acids is 2. The molecule has 124 valence electrons. The van der Waals surface area contributed by atoms with Gasteiger partial charge in [0.2, 0.25) is 0 Å². The standard InChI is InChI=1S/C18H15BrO5/c1-22-11-7-10(8-12(9-11)23-2)16(20)15(19)17-13-5-3-4-6-14(13)18(21)24-17/h3-9,15,17H,1-2H3. The van der Waals surface area contributed by atoms with Crippen molar-refractivity contribution in [3.05, 3.63) is 59.2 Å². The van der Waals surface area contributed by atoms with Crippen molar-refractivity contribution in [1.82, 2.24) is 0 Å². The molecule has 0 aromatic heterocycles. The van der Waals surface area contributed by atoms with Gasteiger partial charge < -0.3 is 14.2 Å². The lowest BCUT2D eigenvalue weighted by Crippen LogP contribution is -2.23. The number of carbonyl (C=O) groups is 2. The van der Waals surface area contributed by atoms with Crippen LogP contribution in [0.3, 0.4) is 0 Å². The molecule has 0 amide bonds. The third-order valence-electron chi connectivity index (χ3n) is 3.87. The molecule has 6 heteroatoms. The van der Waals surface area contributed by atoms with Gasteiger partial charge in [0.1, 0.15) is 22.4 Å². The summed E-state index contributed by atoms with van der Waals surface area (Å²) < 4.78 is 15.8. The van der Waals surface area contributed by atoms with Gasteiger partial charge in [0.25, 0.3) is 0 Å². The number of cyclic esters (lactones) is 1. The molecule has 0 spiro atoms. The summed E-state index contributed by atoms with van der Waals surface area (Å²) in [6, 6.07) is 12.0. The second-order valence-corrected chi connectivity index (χ2v) is 6.27. The van der Waals surface area contributed by atoms with Crippen LogP contribution < -0.4 is 9.47 Å². The maximum atomic E-state index is 12.8. The average molecular weight is 391 g/mol. The molecule has 24 heavy (non-hydrogen) atoms. The molecule has 0 aliphatic carbocycles. The summed E-state index contributed by atoms with van der Waals surface area (Å²) in [5, 5.41) is 0. The molecular weight excluding hydrogens is 376 g/mol. The number of ether oxygens (including phenoxy) is 3. The lowest BCUT2D eigenvalue weighted by atomic mass is 9.98. The number of rotatable bonds is 5. The lowest BCUT2D eigenvalue weighted by Gasteiger charge is -2.17. The Labute approximate surface area is 147 Å². The number of alkyl halides is 1. The minimum Gasteiger partial charge on any atom is -0.497 e. The Kier molecular flexibility index (Phi) is 4.57. The number of fused-ring (bicyclic) bond motifs is 1. The first-order valence-corrected chi connectivity index (χ1v) is 8.18. The smallest absolute Gasteiger partial charge is 0.339 e. The van der Waals surface area contributed by atoms with Crippen molar-refractivity contribution < 1.29 is 23.8 Å². The molecule has 5 nitrogen and oxygen atoms in total. The summed E-state index contributed by atoms with van der Waals surface area (Å²) in [6.45, 7) is 0. The van der Waals surface area contributed by atoms with E-state index in [1.807, 2.05) is 6.07 Å². The molecule has 0 bridgehead atoms. The Bertz CT molecular complexity index is 779. The summed E-state index contributed by atoms with van der Waals surface area (Å²) >= 11 is 3.39. The van der Waals surface area contributed by atoms with Crippen LogP contribution in [-0.2, 0) is 4.74 Å². The Morgan fingerprint density at radius 1 is 1.12 bits per heavy atom. The molecule has 1 aliphatic rings. The van der Waals surface area contributed by atoms with Crippen LogP contribution in [0, 0.1) is 0 Å². The van der Waals surface area contributed by atoms with Gasteiger partial charge in [-0.25, -0.2) is 4.79 Å². The Morgan fingerprint density at radius 2 is 1.75 bits per heavy atom. The SMILES string of the molecule is COc1cc(OC)cc(C(=O)C(Br)C2OC(=O)c3ccccc32)c1. The Balaban J connectivity index is 1.92. The summed E-state index contributed by atoms with van der Waals surface area (Å²) in [5.74, 6) is 0.389. The molecule has 0 fully saturated rings. The fraction of sp³-hybridized carbons (Fsp3) is 0.222. The summed E-state index contributed by atoms with van der Waals surface area (Å²) in [5.41, 5.74) is 1.60. The van der Waals surface area contributed by atoms with E-state index >= 15 is 0 Å². The zero-order chi connectivity index (χ0) is 17.3. The van der Waals surface area contributed by atoms with E-state index in [0.29, 0.717) is 28.2 Å². The second-order valence-electron chi connectivity index (χ2n) is 5.28. The van der Waals surface area contributed by atoms with Gasteiger partial charge in [-0.1, -0.05) is 34.1 Å². The highest BCUT2D eigenvalue weighted by atomic mass is 79.9. The number of methoxy groups -OCH3 is 2. The number of halogens is 1. The quantitative estimate of drug-likeness (QED) is 0.443. The molecule has 0 saturated carbocycles. The first-order chi connectivity index (χ1) is 11.5. The molecule has 0 saturated heterocycles. The number of hydrogen-bond donors (Lipinski definition) is 0. The van der Waals surface area contributed by atoms with E-state index in [4.69, 9.17) is 14.2 Å². The zero-order valence-electron chi connectivity index (χ0n) is 13.1. The van der Waals surface area contributed by atoms with Gasteiger partial charge >= 0.3 is 5.97 Å². The van der Waals surface area contributed by atoms with Crippen molar-refractivity contribution in [3.8, 4) is 11.5 Å². The molecule has 0 N–H and O–H groups in total.